The summed E-state index contributed by atoms with van der Waals surface area (Å²) in [6, 6.07) is 13.3. The van der Waals surface area contributed by atoms with E-state index < -0.39 is 0 Å². The van der Waals surface area contributed by atoms with E-state index in [1.807, 2.05) is 6.92 Å². The van der Waals surface area contributed by atoms with E-state index in [1.165, 1.54) is 16.0 Å². The van der Waals surface area contributed by atoms with Gasteiger partial charge in [-0.25, -0.2) is 0 Å². The second kappa shape index (κ2) is 7.74. The predicted molar refractivity (Wildman–Crippen MR) is 102 cm³/mol. The molecule has 2 N–H and O–H groups in total. The summed E-state index contributed by atoms with van der Waals surface area (Å²) >= 11 is 1.62. The number of fused-ring (bicyclic) bond motifs is 1. The van der Waals surface area contributed by atoms with Crippen LogP contribution in [0.15, 0.2) is 47.4 Å². The first-order chi connectivity index (χ1) is 12.1. The molecular formula is C20H22N2O2S. The number of rotatable bonds is 5. The standard InChI is InChI=1S/C20H22N2O2S/c1-3-10-21-19(23)14-6-8-16(9-7-14)22-20(24)18-12-15-5-4-13(2)11-17(15)25-18/h4-9,11,18H,3,10,12H2,1-2H3,(H,21,23)(H,22,24)/t18-/m0/s1. The fourth-order valence-electron chi connectivity index (χ4n) is 2.75. The van der Waals surface area contributed by atoms with Gasteiger partial charge in [-0.1, -0.05) is 24.6 Å². The third-order valence-electron chi connectivity index (χ3n) is 4.14. The fraction of sp³-hybridized carbons (Fsp3) is 0.300. The fourth-order valence-corrected chi connectivity index (χ4v) is 4.04. The molecule has 2 aromatic carbocycles. The summed E-state index contributed by atoms with van der Waals surface area (Å²) in [4.78, 5) is 25.6. The quantitative estimate of drug-likeness (QED) is 0.859. The number of anilines is 1. The highest BCUT2D eigenvalue weighted by Gasteiger charge is 2.28. The Labute approximate surface area is 152 Å². The van der Waals surface area contributed by atoms with Crippen molar-refractivity contribution in [1.82, 2.24) is 5.32 Å². The van der Waals surface area contributed by atoms with Crippen LogP contribution >= 0.6 is 11.8 Å². The van der Waals surface area contributed by atoms with Gasteiger partial charge in [0, 0.05) is 22.7 Å². The first kappa shape index (κ1) is 17.5. The molecule has 2 aromatic rings. The summed E-state index contributed by atoms with van der Waals surface area (Å²) in [5.74, 6) is -0.0843. The van der Waals surface area contributed by atoms with Crippen LogP contribution in [-0.2, 0) is 11.2 Å². The molecule has 0 aliphatic carbocycles. The molecule has 0 bridgehead atoms. The molecule has 0 saturated heterocycles. The van der Waals surface area contributed by atoms with E-state index >= 15 is 0 Å². The summed E-state index contributed by atoms with van der Waals surface area (Å²) in [6.07, 6.45) is 1.66. The number of carbonyl (C=O) groups is 2. The van der Waals surface area contributed by atoms with E-state index in [-0.39, 0.29) is 17.1 Å². The maximum atomic E-state index is 12.5. The Balaban J connectivity index is 1.59. The van der Waals surface area contributed by atoms with Crippen molar-refractivity contribution in [3.8, 4) is 0 Å². The Morgan fingerprint density at radius 1 is 1.16 bits per heavy atom. The van der Waals surface area contributed by atoms with Crippen LogP contribution in [0.25, 0.3) is 0 Å². The molecule has 0 unspecified atom stereocenters. The van der Waals surface area contributed by atoms with Gasteiger partial charge in [0.2, 0.25) is 5.91 Å². The Bertz CT molecular complexity index is 787. The van der Waals surface area contributed by atoms with E-state index in [2.05, 4.69) is 35.8 Å². The van der Waals surface area contributed by atoms with Gasteiger partial charge in [-0.3, -0.25) is 9.59 Å². The van der Waals surface area contributed by atoms with Crippen molar-refractivity contribution in [1.29, 1.82) is 0 Å². The molecule has 130 valence electrons. The Morgan fingerprint density at radius 3 is 2.64 bits per heavy atom. The van der Waals surface area contributed by atoms with Crippen LogP contribution < -0.4 is 10.6 Å². The van der Waals surface area contributed by atoms with Crippen molar-refractivity contribution in [2.24, 2.45) is 0 Å². The minimum absolute atomic E-state index is 0.00189. The first-order valence-electron chi connectivity index (χ1n) is 8.52. The Kier molecular flexibility index (Phi) is 5.43. The molecule has 2 amide bonds. The van der Waals surface area contributed by atoms with E-state index in [1.54, 1.807) is 36.0 Å². The molecule has 0 radical (unpaired) electrons. The molecule has 1 aliphatic heterocycles. The number of hydrogen-bond acceptors (Lipinski definition) is 3. The summed E-state index contributed by atoms with van der Waals surface area (Å²) in [5, 5.41) is 5.68. The zero-order chi connectivity index (χ0) is 17.8. The molecule has 25 heavy (non-hydrogen) atoms. The highest BCUT2D eigenvalue weighted by atomic mass is 32.2. The molecule has 0 saturated carbocycles. The van der Waals surface area contributed by atoms with Crippen molar-refractivity contribution in [2.45, 2.75) is 36.8 Å². The molecule has 3 rings (SSSR count). The third-order valence-corrected chi connectivity index (χ3v) is 5.44. The molecule has 1 aliphatic rings. The average molecular weight is 354 g/mol. The van der Waals surface area contributed by atoms with Crippen molar-refractivity contribution in [3.05, 3.63) is 59.2 Å². The molecule has 5 heteroatoms. The summed E-state index contributed by atoms with van der Waals surface area (Å²) < 4.78 is 0. The molecule has 0 aromatic heterocycles. The summed E-state index contributed by atoms with van der Waals surface area (Å²) in [7, 11) is 0. The minimum Gasteiger partial charge on any atom is -0.352 e. The van der Waals surface area contributed by atoms with E-state index in [0.29, 0.717) is 17.8 Å². The average Bonchev–Trinajstić information content (AvgIpc) is 3.03. The normalized spacial score (nSPS) is 15.5. The van der Waals surface area contributed by atoms with Gasteiger partial charge < -0.3 is 10.6 Å². The molecule has 1 atom stereocenters. The third kappa shape index (κ3) is 4.23. The molecule has 0 spiro atoms. The monoisotopic (exact) mass is 354 g/mol. The van der Waals surface area contributed by atoms with Gasteiger partial charge in [0.25, 0.3) is 5.91 Å². The van der Waals surface area contributed by atoms with Crippen LogP contribution in [0.1, 0.15) is 34.8 Å². The lowest BCUT2D eigenvalue weighted by Crippen LogP contribution is -2.25. The van der Waals surface area contributed by atoms with Crippen LogP contribution in [0, 0.1) is 6.92 Å². The number of amides is 2. The smallest absolute Gasteiger partial charge is 0.251 e. The highest BCUT2D eigenvalue weighted by molar-refractivity contribution is 8.01. The second-order valence-corrected chi connectivity index (χ2v) is 7.49. The zero-order valence-electron chi connectivity index (χ0n) is 14.5. The van der Waals surface area contributed by atoms with Crippen molar-refractivity contribution >= 4 is 29.3 Å². The van der Waals surface area contributed by atoms with Crippen LogP contribution in [0.3, 0.4) is 0 Å². The predicted octanol–water partition coefficient (Wildman–Crippen LogP) is 3.79. The van der Waals surface area contributed by atoms with Gasteiger partial charge in [-0.15, -0.1) is 11.8 Å². The topological polar surface area (TPSA) is 58.2 Å². The molecule has 0 fully saturated rings. The summed E-state index contributed by atoms with van der Waals surface area (Å²) in [5.41, 5.74) is 3.76. The maximum Gasteiger partial charge on any atom is 0.251 e. The number of nitrogens with one attached hydrogen (secondary N) is 2. The second-order valence-electron chi connectivity index (χ2n) is 6.24. The number of carbonyl (C=O) groups excluding carboxylic acids is 2. The molecular weight excluding hydrogens is 332 g/mol. The van der Waals surface area contributed by atoms with Gasteiger partial charge in [0.1, 0.15) is 0 Å². The van der Waals surface area contributed by atoms with Crippen LogP contribution in [0.4, 0.5) is 5.69 Å². The van der Waals surface area contributed by atoms with E-state index in [9.17, 15) is 9.59 Å². The first-order valence-corrected chi connectivity index (χ1v) is 9.40. The lowest BCUT2D eigenvalue weighted by atomic mass is 10.1. The number of aryl methyl sites for hydroxylation is 1. The number of thioether (sulfide) groups is 1. The SMILES string of the molecule is CCCNC(=O)c1ccc(NC(=O)[C@@H]2Cc3ccc(C)cc3S2)cc1. The Hall–Kier alpha value is -2.27. The van der Waals surface area contributed by atoms with Gasteiger partial charge in [0.15, 0.2) is 0 Å². The number of hydrogen-bond donors (Lipinski definition) is 2. The van der Waals surface area contributed by atoms with E-state index in [0.717, 1.165) is 12.8 Å². The van der Waals surface area contributed by atoms with Crippen LogP contribution in [-0.4, -0.2) is 23.6 Å². The van der Waals surface area contributed by atoms with Gasteiger partial charge in [-0.2, -0.15) is 0 Å². The lowest BCUT2D eigenvalue weighted by Gasteiger charge is -2.10. The van der Waals surface area contributed by atoms with Gasteiger partial charge in [0.05, 0.1) is 5.25 Å². The van der Waals surface area contributed by atoms with Crippen molar-refractivity contribution in [2.75, 3.05) is 11.9 Å². The zero-order valence-corrected chi connectivity index (χ0v) is 15.3. The molecule has 1 heterocycles. The van der Waals surface area contributed by atoms with E-state index in [4.69, 9.17) is 0 Å². The van der Waals surface area contributed by atoms with Crippen molar-refractivity contribution in [3.63, 3.8) is 0 Å². The highest BCUT2D eigenvalue weighted by Crippen LogP contribution is 2.38. The van der Waals surface area contributed by atoms with Gasteiger partial charge >= 0.3 is 0 Å². The lowest BCUT2D eigenvalue weighted by molar-refractivity contribution is -0.115. The minimum atomic E-state index is -0.107. The van der Waals surface area contributed by atoms with Crippen LogP contribution in [0.5, 0.6) is 0 Å². The summed E-state index contributed by atoms with van der Waals surface area (Å²) in [6.45, 7) is 4.74. The Morgan fingerprint density at radius 2 is 1.92 bits per heavy atom. The van der Waals surface area contributed by atoms with Crippen molar-refractivity contribution < 1.29 is 9.59 Å². The maximum absolute atomic E-state index is 12.5. The van der Waals surface area contributed by atoms with Gasteiger partial charge in [-0.05, 0) is 55.7 Å². The number of benzene rings is 2. The largest absolute Gasteiger partial charge is 0.352 e. The van der Waals surface area contributed by atoms with Crippen LogP contribution in [0.2, 0.25) is 0 Å². The molecule has 4 nitrogen and oxygen atoms in total.